The van der Waals surface area contributed by atoms with Gasteiger partial charge in [0, 0.05) is 0 Å². The van der Waals surface area contributed by atoms with Crippen LogP contribution in [0.25, 0.3) is 0 Å². The zero-order valence-electron chi connectivity index (χ0n) is 11.2. The van der Waals surface area contributed by atoms with E-state index >= 15 is 0 Å². The quantitative estimate of drug-likeness (QED) is 0.615. The minimum Gasteiger partial charge on any atom is -0.368 e. The molecule has 1 aliphatic heterocycles. The first kappa shape index (κ1) is 13.9. The third kappa shape index (κ3) is 3.28. The lowest BCUT2D eigenvalue weighted by Crippen LogP contribution is -2.37. The summed E-state index contributed by atoms with van der Waals surface area (Å²) in [4.78, 5) is 21.5. The molecule has 0 N–H and O–H groups in total. The van der Waals surface area contributed by atoms with E-state index in [0.717, 1.165) is 5.56 Å². The Kier molecular flexibility index (Phi) is 4.45. The SMILES string of the molecule is CC(C)c1ccc(C2COC(C(=O)C=O)CO2)cc1. The van der Waals surface area contributed by atoms with Gasteiger partial charge in [0.2, 0.25) is 5.78 Å². The second-order valence-electron chi connectivity index (χ2n) is 4.99. The number of Topliss-reactive ketones (excluding diaryl/α,β-unsaturated/α-hetero) is 1. The molecule has 2 atom stereocenters. The second kappa shape index (κ2) is 6.08. The summed E-state index contributed by atoms with van der Waals surface area (Å²) >= 11 is 0. The maximum Gasteiger partial charge on any atom is 0.226 e. The van der Waals surface area contributed by atoms with Gasteiger partial charge in [-0.05, 0) is 17.0 Å². The molecule has 19 heavy (non-hydrogen) atoms. The number of benzene rings is 1. The number of ether oxygens (including phenoxy) is 2. The summed E-state index contributed by atoms with van der Waals surface area (Å²) in [6.45, 7) is 4.72. The zero-order valence-corrected chi connectivity index (χ0v) is 11.2. The Bertz CT molecular complexity index is 442. The van der Waals surface area contributed by atoms with Crippen molar-refractivity contribution < 1.29 is 19.1 Å². The molecule has 0 amide bonds. The van der Waals surface area contributed by atoms with E-state index in [1.54, 1.807) is 0 Å². The Morgan fingerprint density at radius 1 is 1.21 bits per heavy atom. The molecule has 1 heterocycles. The largest absolute Gasteiger partial charge is 0.368 e. The molecule has 1 aromatic carbocycles. The number of hydrogen-bond donors (Lipinski definition) is 0. The van der Waals surface area contributed by atoms with Gasteiger partial charge in [0.05, 0.1) is 13.2 Å². The molecule has 2 rings (SSSR count). The van der Waals surface area contributed by atoms with Crippen molar-refractivity contribution in [3.63, 3.8) is 0 Å². The topological polar surface area (TPSA) is 52.6 Å². The molecule has 1 saturated heterocycles. The van der Waals surface area contributed by atoms with Crippen LogP contribution in [0.5, 0.6) is 0 Å². The Morgan fingerprint density at radius 3 is 2.37 bits per heavy atom. The monoisotopic (exact) mass is 262 g/mol. The summed E-state index contributed by atoms with van der Waals surface area (Å²) in [5.41, 5.74) is 2.30. The molecule has 0 aromatic heterocycles. The molecule has 4 nitrogen and oxygen atoms in total. The van der Waals surface area contributed by atoms with Gasteiger partial charge in [-0.1, -0.05) is 38.1 Å². The Hall–Kier alpha value is -1.52. The molecule has 4 heteroatoms. The Labute approximate surface area is 112 Å². The molecule has 0 aliphatic carbocycles. The molecular formula is C15H18O4. The van der Waals surface area contributed by atoms with Gasteiger partial charge in [-0.25, -0.2) is 0 Å². The van der Waals surface area contributed by atoms with E-state index < -0.39 is 11.9 Å². The van der Waals surface area contributed by atoms with Crippen LogP contribution < -0.4 is 0 Å². The normalized spacial score (nSPS) is 23.3. The summed E-state index contributed by atoms with van der Waals surface area (Å²) in [5.74, 6) is -0.0687. The molecule has 2 unspecified atom stereocenters. The van der Waals surface area contributed by atoms with Crippen LogP contribution in [-0.2, 0) is 19.1 Å². The summed E-state index contributed by atoms with van der Waals surface area (Å²) in [6.07, 6.45) is -0.633. The number of carbonyl (C=O) groups is 2. The fourth-order valence-corrected chi connectivity index (χ4v) is 2.03. The van der Waals surface area contributed by atoms with Crippen LogP contribution in [0.1, 0.15) is 37.0 Å². The zero-order chi connectivity index (χ0) is 13.8. The highest BCUT2D eigenvalue weighted by Crippen LogP contribution is 2.24. The second-order valence-corrected chi connectivity index (χ2v) is 4.99. The van der Waals surface area contributed by atoms with E-state index in [1.807, 2.05) is 12.1 Å². The van der Waals surface area contributed by atoms with E-state index in [-0.39, 0.29) is 19.0 Å². The van der Waals surface area contributed by atoms with Crippen molar-refractivity contribution in [2.24, 2.45) is 0 Å². The molecule has 1 aromatic rings. The van der Waals surface area contributed by atoms with Gasteiger partial charge in [0.25, 0.3) is 0 Å². The average molecular weight is 262 g/mol. The Balaban J connectivity index is 1.97. The number of aldehydes is 1. The Morgan fingerprint density at radius 2 is 1.89 bits per heavy atom. The van der Waals surface area contributed by atoms with E-state index in [2.05, 4.69) is 26.0 Å². The third-order valence-electron chi connectivity index (χ3n) is 3.31. The van der Waals surface area contributed by atoms with Gasteiger partial charge < -0.3 is 9.47 Å². The van der Waals surface area contributed by atoms with Crippen molar-refractivity contribution in [2.75, 3.05) is 13.2 Å². The molecule has 1 fully saturated rings. The smallest absolute Gasteiger partial charge is 0.226 e. The minimum atomic E-state index is -0.747. The van der Waals surface area contributed by atoms with E-state index in [9.17, 15) is 9.59 Å². The van der Waals surface area contributed by atoms with Crippen molar-refractivity contribution in [3.05, 3.63) is 35.4 Å². The highest BCUT2D eigenvalue weighted by molar-refractivity contribution is 6.27. The lowest BCUT2D eigenvalue weighted by atomic mass is 10.00. The molecule has 1 aliphatic rings. The van der Waals surface area contributed by atoms with Gasteiger partial charge in [-0.3, -0.25) is 9.59 Å². The first-order valence-corrected chi connectivity index (χ1v) is 6.44. The number of hydrogen-bond acceptors (Lipinski definition) is 4. The predicted molar refractivity (Wildman–Crippen MR) is 70.0 cm³/mol. The van der Waals surface area contributed by atoms with Crippen LogP contribution >= 0.6 is 0 Å². The van der Waals surface area contributed by atoms with Crippen molar-refractivity contribution in [3.8, 4) is 0 Å². The van der Waals surface area contributed by atoms with Gasteiger partial charge in [-0.2, -0.15) is 0 Å². The van der Waals surface area contributed by atoms with Crippen molar-refractivity contribution in [1.82, 2.24) is 0 Å². The van der Waals surface area contributed by atoms with Gasteiger partial charge >= 0.3 is 0 Å². The van der Waals surface area contributed by atoms with Crippen LogP contribution in [0.15, 0.2) is 24.3 Å². The van der Waals surface area contributed by atoms with Crippen molar-refractivity contribution in [2.45, 2.75) is 32.0 Å². The summed E-state index contributed by atoms with van der Waals surface area (Å²) in [5, 5.41) is 0. The van der Waals surface area contributed by atoms with Crippen molar-refractivity contribution in [1.29, 1.82) is 0 Å². The third-order valence-corrected chi connectivity index (χ3v) is 3.31. The summed E-state index contributed by atoms with van der Waals surface area (Å²) in [7, 11) is 0. The molecule has 0 radical (unpaired) electrons. The van der Waals surface area contributed by atoms with E-state index in [1.165, 1.54) is 5.56 Å². The highest BCUT2D eigenvalue weighted by Gasteiger charge is 2.28. The number of ketones is 1. The van der Waals surface area contributed by atoms with Crippen LogP contribution in [-0.4, -0.2) is 31.4 Å². The fraction of sp³-hybridized carbons (Fsp3) is 0.467. The fourth-order valence-electron chi connectivity index (χ4n) is 2.03. The van der Waals surface area contributed by atoms with Crippen LogP contribution in [0.3, 0.4) is 0 Å². The molecule has 102 valence electrons. The number of carbonyl (C=O) groups excluding carboxylic acids is 2. The first-order valence-electron chi connectivity index (χ1n) is 6.44. The van der Waals surface area contributed by atoms with Crippen molar-refractivity contribution >= 4 is 12.1 Å². The number of rotatable bonds is 4. The summed E-state index contributed by atoms with van der Waals surface area (Å²) < 4.78 is 11.0. The molecule has 0 bridgehead atoms. The van der Waals surface area contributed by atoms with Crippen LogP contribution in [0.4, 0.5) is 0 Å². The van der Waals surface area contributed by atoms with E-state index in [0.29, 0.717) is 12.5 Å². The molecular weight excluding hydrogens is 244 g/mol. The van der Waals surface area contributed by atoms with Crippen LogP contribution in [0.2, 0.25) is 0 Å². The summed E-state index contributed by atoms with van der Waals surface area (Å²) in [6, 6.07) is 8.19. The average Bonchev–Trinajstić information content (AvgIpc) is 2.46. The lowest BCUT2D eigenvalue weighted by Gasteiger charge is -2.28. The molecule has 0 saturated carbocycles. The highest BCUT2D eigenvalue weighted by atomic mass is 16.6. The lowest BCUT2D eigenvalue weighted by molar-refractivity contribution is -0.161. The molecule has 0 spiro atoms. The first-order chi connectivity index (χ1) is 9.11. The maximum absolute atomic E-state index is 11.2. The van der Waals surface area contributed by atoms with Crippen LogP contribution in [0, 0.1) is 0 Å². The van der Waals surface area contributed by atoms with Gasteiger partial charge in [0.1, 0.15) is 12.2 Å². The predicted octanol–water partition coefficient (Wildman–Crippen LogP) is 2.03. The minimum absolute atomic E-state index is 0.133. The van der Waals surface area contributed by atoms with Gasteiger partial charge in [-0.15, -0.1) is 0 Å². The standard InChI is InChI=1S/C15H18O4/c1-10(2)11-3-5-12(6-4-11)14-8-19-15(9-18-14)13(17)7-16/h3-7,10,14-15H,8-9H2,1-2H3. The van der Waals surface area contributed by atoms with Gasteiger partial charge in [0.15, 0.2) is 6.29 Å². The van der Waals surface area contributed by atoms with E-state index in [4.69, 9.17) is 9.47 Å². The maximum atomic E-state index is 11.2.